The Morgan fingerprint density at radius 1 is 0.867 bits per heavy atom. The van der Waals surface area contributed by atoms with Gasteiger partial charge >= 0.3 is 0 Å². The van der Waals surface area contributed by atoms with Crippen molar-refractivity contribution in [3.05, 3.63) is 94.8 Å². The second-order valence-corrected chi connectivity index (χ2v) is 7.27. The van der Waals surface area contributed by atoms with Crippen molar-refractivity contribution >= 4 is 23.6 Å². The Morgan fingerprint density at radius 2 is 1.70 bits per heavy atom. The highest BCUT2D eigenvalue weighted by Crippen LogP contribution is 2.31. The summed E-state index contributed by atoms with van der Waals surface area (Å²) in [5.41, 5.74) is 4.75. The van der Waals surface area contributed by atoms with E-state index in [0.717, 1.165) is 50.0 Å². The van der Waals surface area contributed by atoms with Crippen molar-refractivity contribution in [1.29, 1.82) is 0 Å². The van der Waals surface area contributed by atoms with Gasteiger partial charge in [0.05, 0.1) is 17.1 Å². The molecule has 2 aromatic carbocycles. The van der Waals surface area contributed by atoms with Gasteiger partial charge in [-0.25, -0.2) is 0 Å². The number of phenolic OH excluding ortho intramolecular Hbond substituents is 1. The summed E-state index contributed by atoms with van der Waals surface area (Å²) in [5.74, 6) is 1.01. The number of H-pyrrole nitrogens is 3. The molecule has 0 aliphatic rings. The summed E-state index contributed by atoms with van der Waals surface area (Å²) in [6.45, 7) is 4.40. The zero-order valence-electron chi connectivity index (χ0n) is 16.3. The summed E-state index contributed by atoms with van der Waals surface area (Å²) in [6.07, 6.45) is 2.01. The molecular weight excluding hydrogens is 374 g/mol. The van der Waals surface area contributed by atoms with Crippen molar-refractivity contribution in [2.45, 2.75) is 6.61 Å². The third kappa shape index (κ3) is 3.61. The van der Waals surface area contributed by atoms with Crippen LogP contribution in [0.15, 0.2) is 72.8 Å². The molecule has 0 fully saturated rings. The quantitative estimate of drug-likeness (QED) is 0.363. The summed E-state index contributed by atoms with van der Waals surface area (Å²) in [7, 11) is 0. The molecule has 30 heavy (non-hydrogen) atoms. The molecule has 3 heterocycles. The number of hydrogen-bond donors (Lipinski definition) is 4. The molecule has 5 aromatic rings. The predicted octanol–water partition coefficient (Wildman–Crippen LogP) is 4.01. The van der Waals surface area contributed by atoms with E-state index in [1.807, 2.05) is 66.7 Å². The van der Waals surface area contributed by atoms with Crippen molar-refractivity contribution in [3.63, 3.8) is 0 Å². The van der Waals surface area contributed by atoms with Crippen LogP contribution in [0.5, 0.6) is 11.5 Å². The van der Waals surface area contributed by atoms with Gasteiger partial charge in [0.1, 0.15) is 18.1 Å². The monoisotopic (exact) mass is 395 g/mol. The maximum Gasteiger partial charge on any atom is 0.145 e. The van der Waals surface area contributed by atoms with E-state index < -0.39 is 0 Å². The minimum Gasteiger partial charge on any atom is -0.508 e. The average molecular weight is 395 g/mol. The molecular formula is C25H21N3O2. The molecule has 5 nitrogen and oxygen atoms in total. The number of phenols is 1. The third-order valence-corrected chi connectivity index (χ3v) is 5.01. The summed E-state index contributed by atoms with van der Waals surface area (Å²) in [6, 6.07) is 23.3. The minimum atomic E-state index is 0.246. The lowest BCUT2D eigenvalue weighted by Crippen LogP contribution is -2.07. The van der Waals surface area contributed by atoms with Crippen molar-refractivity contribution in [2.24, 2.45) is 0 Å². The van der Waals surface area contributed by atoms with Crippen LogP contribution in [-0.2, 0) is 6.61 Å². The fourth-order valence-electron chi connectivity index (χ4n) is 3.52. The van der Waals surface area contributed by atoms with Crippen molar-refractivity contribution in [1.82, 2.24) is 15.0 Å². The number of nitrogens with one attached hydrogen (secondary N) is 3. The number of benzene rings is 2. The van der Waals surface area contributed by atoms with E-state index in [2.05, 4.69) is 21.5 Å². The lowest BCUT2D eigenvalue weighted by molar-refractivity contribution is 0.306. The standard InChI is InChI=1S/C25H21N3O2/c1-16-7-8-19(26-16)13-24-25(30-15-17-5-3-2-4-6-17)14-23(28-24)22-12-18-11-20(29)9-10-21(18)27-22/h2-14,26-29H,1,15H2. The van der Waals surface area contributed by atoms with Crippen molar-refractivity contribution < 1.29 is 9.84 Å². The SMILES string of the molecule is C=c1ccc(=Cc2[nH]c(-c3cc4cc(O)ccc4[nH]3)cc2OCc2ccccc2)[nH]1. The first-order chi connectivity index (χ1) is 14.6. The van der Waals surface area contributed by atoms with Gasteiger partial charge in [-0.1, -0.05) is 36.9 Å². The number of hydrogen-bond acceptors (Lipinski definition) is 2. The molecule has 0 amide bonds. The van der Waals surface area contributed by atoms with Gasteiger partial charge < -0.3 is 24.8 Å². The second-order valence-electron chi connectivity index (χ2n) is 7.27. The molecule has 0 atom stereocenters. The molecule has 0 unspecified atom stereocenters. The van der Waals surface area contributed by atoms with Gasteiger partial charge in [-0.15, -0.1) is 0 Å². The summed E-state index contributed by atoms with van der Waals surface area (Å²) >= 11 is 0. The van der Waals surface area contributed by atoms with Crippen LogP contribution in [0.3, 0.4) is 0 Å². The second kappa shape index (κ2) is 7.37. The first-order valence-electron chi connectivity index (χ1n) is 9.71. The Balaban J connectivity index is 1.55. The van der Waals surface area contributed by atoms with Crippen molar-refractivity contribution in [3.8, 4) is 22.9 Å². The van der Waals surface area contributed by atoms with Gasteiger partial charge in [-0.05, 0) is 48.0 Å². The molecule has 0 aliphatic heterocycles. The molecule has 0 spiro atoms. The molecule has 4 N–H and O–H groups in total. The summed E-state index contributed by atoms with van der Waals surface area (Å²) in [4.78, 5) is 10.1. The normalized spacial score (nSPS) is 11.9. The van der Waals surface area contributed by atoms with E-state index in [0.29, 0.717) is 6.61 Å². The van der Waals surface area contributed by atoms with E-state index in [-0.39, 0.29) is 5.75 Å². The van der Waals surface area contributed by atoms with Gasteiger partial charge in [-0.2, -0.15) is 0 Å². The smallest absolute Gasteiger partial charge is 0.145 e. The van der Waals surface area contributed by atoms with Crippen LogP contribution in [0.1, 0.15) is 11.3 Å². The largest absolute Gasteiger partial charge is 0.508 e. The number of fused-ring (bicyclic) bond motifs is 1. The van der Waals surface area contributed by atoms with Crippen molar-refractivity contribution in [2.75, 3.05) is 0 Å². The Labute approximate surface area is 173 Å². The van der Waals surface area contributed by atoms with Crippen LogP contribution in [-0.4, -0.2) is 20.1 Å². The third-order valence-electron chi connectivity index (χ3n) is 5.01. The Bertz CT molecular complexity index is 1420. The molecule has 3 aromatic heterocycles. The number of ether oxygens (including phenoxy) is 1. The Hall–Kier alpha value is -4.12. The van der Waals surface area contributed by atoms with Crippen LogP contribution < -0.4 is 15.4 Å². The highest BCUT2D eigenvalue weighted by molar-refractivity contribution is 5.86. The molecule has 0 saturated carbocycles. The highest BCUT2D eigenvalue weighted by Gasteiger charge is 2.12. The van der Waals surface area contributed by atoms with E-state index in [9.17, 15) is 5.11 Å². The molecule has 0 aliphatic carbocycles. The first-order valence-corrected chi connectivity index (χ1v) is 9.71. The lowest BCUT2D eigenvalue weighted by Gasteiger charge is -2.05. The van der Waals surface area contributed by atoms with Crippen LogP contribution in [0.2, 0.25) is 0 Å². The van der Waals surface area contributed by atoms with Gasteiger partial charge in [0, 0.05) is 27.7 Å². The fraction of sp³-hybridized carbons (Fsp3) is 0.0400. The van der Waals surface area contributed by atoms with E-state index in [1.54, 1.807) is 12.1 Å². The lowest BCUT2D eigenvalue weighted by atomic mass is 10.2. The Morgan fingerprint density at radius 3 is 2.50 bits per heavy atom. The summed E-state index contributed by atoms with van der Waals surface area (Å²) < 4.78 is 6.15. The van der Waals surface area contributed by atoms with Crippen LogP contribution in [0, 0.1) is 0 Å². The van der Waals surface area contributed by atoms with Gasteiger partial charge in [0.25, 0.3) is 0 Å². The maximum absolute atomic E-state index is 9.75. The number of aromatic nitrogens is 3. The van der Waals surface area contributed by atoms with Gasteiger partial charge in [-0.3, -0.25) is 0 Å². The fourth-order valence-corrected chi connectivity index (χ4v) is 3.52. The maximum atomic E-state index is 9.75. The van der Waals surface area contributed by atoms with Crippen LogP contribution in [0.25, 0.3) is 34.9 Å². The van der Waals surface area contributed by atoms with Gasteiger partial charge in [0.2, 0.25) is 0 Å². The van der Waals surface area contributed by atoms with E-state index >= 15 is 0 Å². The topological polar surface area (TPSA) is 76.8 Å². The van der Waals surface area contributed by atoms with E-state index in [1.165, 1.54) is 0 Å². The number of aromatic amines is 3. The van der Waals surface area contributed by atoms with Crippen LogP contribution >= 0.6 is 0 Å². The molecule has 0 radical (unpaired) electrons. The van der Waals surface area contributed by atoms with E-state index in [4.69, 9.17) is 4.74 Å². The zero-order valence-corrected chi connectivity index (χ0v) is 16.3. The summed E-state index contributed by atoms with van der Waals surface area (Å²) in [5, 5.41) is 12.5. The average Bonchev–Trinajstić information content (AvgIpc) is 3.45. The first kappa shape index (κ1) is 17.9. The predicted molar refractivity (Wildman–Crippen MR) is 120 cm³/mol. The number of rotatable bonds is 5. The Kier molecular flexibility index (Phi) is 4.41. The van der Waals surface area contributed by atoms with Gasteiger partial charge in [0.15, 0.2) is 0 Å². The van der Waals surface area contributed by atoms with Crippen LogP contribution in [0.4, 0.5) is 0 Å². The molecule has 5 rings (SSSR count). The zero-order chi connectivity index (χ0) is 20.5. The molecule has 0 bridgehead atoms. The molecule has 5 heteroatoms. The highest BCUT2D eigenvalue weighted by atomic mass is 16.5. The molecule has 0 saturated heterocycles. The molecule has 148 valence electrons. The number of aromatic hydroxyl groups is 1. The minimum absolute atomic E-state index is 0.246.